The van der Waals surface area contributed by atoms with Gasteiger partial charge in [-0.3, -0.25) is 9.59 Å². The van der Waals surface area contributed by atoms with Gasteiger partial charge in [0, 0.05) is 12.3 Å². The van der Waals surface area contributed by atoms with Gasteiger partial charge in [0.2, 0.25) is 0 Å². The highest BCUT2D eigenvalue weighted by atomic mass is 35.5. The van der Waals surface area contributed by atoms with E-state index in [2.05, 4.69) is 0 Å². The fourth-order valence-electron chi connectivity index (χ4n) is 3.03. The number of rotatable bonds is 7. The second-order valence-corrected chi connectivity index (χ2v) is 7.21. The van der Waals surface area contributed by atoms with Gasteiger partial charge < -0.3 is 14.8 Å². The number of ketones is 1. The maximum Gasteiger partial charge on any atom is 0.376 e. The van der Waals surface area contributed by atoms with E-state index in [0.717, 1.165) is 5.56 Å². The number of carbonyl (C=O) groups excluding carboxylic acids is 1. The van der Waals surface area contributed by atoms with Crippen molar-refractivity contribution >= 4 is 29.1 Å². The molecule has 3 aromatic rings. The van der Waals surface area contributed by atoms with Gasteiger partial charge in [-0.1, -0.05) is 48.0 Å². The van der Waals surface area contributed by atoms with Gasteiger partial charge >= 0.3 is 5.97 Å². The number of carboxylic acid groups (broad SMARTS) is 1. The molecule has 0 atom stereocenters. The lowest BCUT2D eigenvalue weighted by Crippen LogP contribution is -2.25. The molecule has 0 saturated carbocycles. The molecule has 2 N–H and O–H groups in total. The summed E-state index contributed by atoms with van der Waals surface area (Å²) in [6.45, 7) is 0.0224. The van der Waals surface area contributed by atoms with E-state index in [1.165, 1.54) is 28.8 Å². The zero-order valence-corrected chi connectivity index (χ0v) is 16.8. The third-order valence-electron chi connectivity index (χ3n) is 4.49. The molecule has 0 aliphatic rings. The predicted octanol–water partition coefficient (Wildman–Crippen LogP) is 3.83. The van der Waals surface area contributed by atoms with Crippen LogP contribution < -0.4 is 5.56 Å². The molecule has 0 saturated heterocycles. The molecule has 1 heterocycles. The molecular formula is C23H17ClFNO5. The van der Waals surface area contributed by atoms with Crippen LogP contribution in [0.3, 0.4) is 0 Å². The van der Waals surface area contributed by atoms with Gasteiger partial charge in [-0.25, -0.2) is 9.18 Å². The number of aliphatic hydroxyl groups excluding tert-OH is 1. The maximum absolute atomic E-state index is 13.5. The topological polar surface area (TPSA) is 96.6 Å². The molecule has 0 bridgehead atoms. The largest absolute Gasteiger partial charge is 0.507 e. The number of carbonyl (C=O) groups is 2. The number of aliphatic hydroxyl groups is 1. The van der Waals surface area contributed by atoms with Gasteiger partial charge in [-0.05, 0) is 41.3 Å². The van der Waals surface area contributed by atoms with Gasteiger partial charge in [0.25, 0.3) is 11.3 Å². The van der Waals surface area contributed by atoms with Gasteiger partial charge in [0.15, 0.2) is 0 Å². The average Bonchev–Trinajstić information content (AvgIpc) is 2.73. The van der Waals surface area contributed by atoms with Crippen molar-refractivity contribution in [3.8, 4) is 0 Å². The highest BCUT2D eigenvalue weighted by Gasteiger charge is 2.16. The summed E-state index contributed by atoms with van der Waals surface area (Å²) in [6, 6.07) is 14.8. The normalized spacial score (nSPS) is 11.4. The lowest BCUT2D eigenvalue weighted by molar-refractivity contribution is -0.146. The summed E-state index contributed by atoms with van der Waals surface area (Å²) in [5, 5.41) is 18.9. The molecule has 6 nitrogen and oxygen atoms in total. The minimum absolute atomic E-state index is 0.0224. The van der Waals surface area contributed by atoms with Crippen LogP contribution in [-0.2, 0) is 22.6 Å². The Morgan fingerprint density at radius 3 is 2.35 bits per heavy atom. The number of nitrogens with zero attached hydrogens (tertiary/aromatic N) is 1. The number of halogens is 2. The first-order valence-electron chi connectivity index (χ1n) is 9.14. The van der Waals surface area contributed by atoms with E-state index in [-0.39, 0.29) is 17.1 Å². The van der Waals surface area contributed by atoms with Crippen molar-refractivity contribution in [2.24, 2.45) is 0 Å². The van der Waals surface area contributed by atoms with E-state index in [1.807, 2.05) is 30.3 Å². The zero-order chi connectivity index (χ0) is 22.5. The summed E-state index contributed by atoms with van der Waals surface area (Å²) in [6.07, 6.45) is 2.49. The molecule has 0 radical (unpaired) electrons. The lowest BCUT2D eigenvalue weighted by Gasteiger charge is -2.12. The quantitative estimate of drug-likeness (QED) is 0.330. The lowest BCUT2D eigenvalue weighted by atomic mass is 10.0. The average molecular weight is 442 g/mol. The Bertz CT molecular complexity index is 1230. The second-order valence-electron chi connectivity index (χ2n) is 6.80. The van der Waals surface area contributed by atoms with Crippen LogP contribution in [0.25, 0.3) is 5.76 Å². The van der Waals surface area contributed by atoms with Gasteiger partial charge in [0.1, 0.15) is 11.6 Å². The SMILES string of the molecule is O=C(O)C(=O)C=C(O)c1cc(Cc2ccccc2)cn(Cc2ccc(F)c(Cl)c2)c1=O. The van der Waals surface area contributed by atoms with Crippen molar-refractivity contribution in [1.29, 1.82) is 0 Å². The molecule has 2 aromatic carbocycles. The molecule has 1 aromatic heterocycles. The van der Waals surface area contributed by atoms with Crippen LogP contribution in [0.1, 0.15) is 22.3 Å². The number of carboxylic acids is 1. The summed E-state index contributed by atoms with van der Waals surface area (Å²) in [5.41, 5.74) is 1.24. The summed E-state index contributed by atoms with van der Waals surface area (Å²) in [4.78, 5) is 35.2. The highest BCUT2D eigenvalue weighted by Crippen LogP contribution is 2.18. The molecule has 0 unspecified atom stereocenters. The number of pyridine rings is 1. The van der Waals surface area contributed by atoms with Crippen LogP contribution in [0.5, 0.6) is 0 Å². The summed E-state index contributed by atoms with van der Waals surface area (Å²) < 4.78 is 14.7. The van der Waals surface area contributed by atoms with E-state index < -0.39 is 28.9 Å². The molecule has 158 valence electrons. The fourth-order valence-corrected chi connectivity index (χ4v) is 3.23. The number of benzene rings is 2. The summed E-state index contributed by atoms with van der Waals surface area (Å²) in [5.74, 6) is -4.46. The van der Waals surface area contributed by atoms with Crippen LogP contribution in [0.15, 0.2) is 71.7 Å². The Morgan fingerprint density at radius 2 is 1.71 bits per heavy atom. The van der Waals surface area contributed by atoms with Gasteiger partial charge in [0.05, 0.1) is 17.1 Å². The van der Waals surface area contributed by atoms with Crippen LogP contribution in [-0.4, -0.2) is 26.5 Å². The van der Waals surface area contributed by atoms with E-state index in [0.29, 0.717) is 23.6 Å². The summed E-state index contributed by atoms with van der Waals surface area (Å²) >= 11 is 5.82. The number of hydrogen-bond donors (Lipinski definition) is 2. The molecule has 0 spiro atoms. The Kier molecular flexibility index (Phi) is 6.67. The Balaban J connectivity index is 2.08. The van der Waals surface area contributed by atoms with E-state index >= 15 is 0 Å². The van der Waals surface area contributed by atoms with Crippen LogP contribution >= 0.6 is 11.6 Å². The third-order valence-corrected chi connectivity index (χ3v) is 4.77. The Labute approximate surface area is 181 Å². The van der Waals surface area contributed by atoms with Crippen molar-refractivity contribution in [1.82, 2.24) is 4.57 Å². The molecule has 0 fully saturated rings. The summed E-state index contributed by atoms with van der Waals surface area (Å²) in [7, 11) is 0. The zero-order valence-electron chi connectivity index (χ0n) is 16.1. The molecule has 31 heavy (non-hydrogen) atoms. The van der Waals surface area contributed by atoms with E-state index in [4.69, 9.17) is 16.7 Å². The maximum atomic E-state index is 13.5. The molecule has 0 amide bonds. The van der Waals surface area contributed by atoms with Crippen molar-refractivity contribution < 1.29 is 24.2 Å². The van der Waals surface area contributed by atoms with Crippen molar-refractivity contribution in [3.63, 3.8) is 0 Å². The minimum Gasteiger partial charge on any atom is -0.507 e. The van der Waals surface area contributed by atoms with E-state index in [1.54, 1.807) is 6.20 Å². The van der Waals surface area contributed by atoms with Crippen LogP contribution in [0.2, 0.25) is 5.02 Å². The third kappa shape index (κ3) is 5.46. The first-order valence-corrected chi connectivity index (χ1v) is 9.52. The monoisotopic (exact) mass is 441 g/mol. The molecule has 8 heteroatoms. The minimum atomic E-state index is -1.76. The second kappa shape index (κ2) is 9.40. The van der Waals surface area contributed by atoms with Crippen LogP contribution in [0, 0.1) is 5.82 Å². The van der Waals surface area contributed by atoms with E-state index in [9.17, 15) is 23.9 Å². The number of hydrogen-bond acceptors (Lipinski definition) is 4. The number of aromatic nitrogens is 1. The molecule has 0 aliphatic carbocycles. The first-order chi connectivity index (χ1) is 14.7. The standard InChI is InChI=1S/C23H17ClFNO5/c24-18-10-15(6-7-19(18)25)12-26-13-16(8-14-4-2-1-3-5-14)9-17(22(26)29)20(27)11-21(28)23(30)31/h1-7,9-11,13,27H,8,12H2,(H,30,31). The first kappa shape index (κ1) is 22.0. The molecule has 3 rings (SSSR count). The Hall–Kier alpha value is -3.71. The smallest absolute Gasteiger partial charge is 0.376 e. The Morgan fingerprint density at radius 1 is 1.00 bits per heavy atom. The predicted molar refractivity (Wildman–Crippen MR) is 114 cm³/mol. The van der Waals surface area contributed by atoms with Crippen molar-refractivity contribution in [3.05, 3.63) is 110 Å². The highest BCUT2D eigenvalue weighted by molar-refractivity contribution is 6.38. The van der Waals surface area contributed by atoms with Gasteiger partial charge in [-0.2, -0.15) is 0 Å². The van der Waals surface area contributed by atoms with Gasteiger partial charge in [-0.15, -0.1) is 0 Å². The van der Waals surface area contributed by atoms with Crippen molar-refractivity contribution in [2.45, 2.75) is 13.0 Å². The number of aliphatic carboxylic acids is 1. The van der Waals surface area contributed by atoms with Crippen molar-refractivity contribution in [2.75, 3.05) is 0 Å². The fraction of sp³-hybridized carbons (Fsp3) is 0.0870. The molecular weight excluding hydrogens is 425 g/mol. The van der Waals surface area contributed by atoms with Crippen LogP contribution in [0.4, 0.5) is 4.39 Å². The molecule has 0 aliphatic heterocycles.